The van der Waals surface area contributed by atoms with E-state index in [1.807, 2.05) is 0 Å². The van der Waals surface area contributed by atoms with E-state index in [9.17, 15) is 18.0 Å². The molecule has 2 heterocycles. The topological polar surface area (TPSA) is 146 Å². The number of imide groups is 1. The molecule has 0 spiro atoms. The molecule has 35 heavy (non-hydrogen) atoms. The van der Waals surface area contributed by atoms with Crippen molar-refractivity contribution in [2.75, 3.05) is 4.72 Å². The summed E-state index contributed by atoms with van der Waals surface area (Å²) in [4.78, 5) is 33.4. The van der Waals surface area contributed by atoms with Gasteiger partial charge in [0.2, 0.25) is 5.95 Å². The number of hydrogen-bond acceptors (Lipinski definition) is 9. The first-order valence-electron chi connectivity index (χ1n) is 10.1. The van der Waals surface area contributed by atoms with Gasteiger partial charge in [-0.25, -0.2) is 23.1 Å². The molecule has 0 saturated carbocycles. The van der Waals surface area contributed by atoms with Gasteiger partial charge in [-0.15, -0.1) is 0 Å². The molecule has 0 radical (unpaired) electrons. The molecule has 11 nitrogen and oxygen atoms in total. The molecular weight excluding hydrogens is 494 g/mol. The number of halogens is 1. The van der Waals surface area contributed by atoms with Gasteiger partial charge in [-0.2, -0.15) is 20.3 Å². The maximum absolute atomic E-state index is 13.0. The zero-order chi connectivity index (χ0) is 25.2. The van der Waals surface area contributed by atoms with E-state index in [1.54, 1.807) is 13.0 Å². The Kier molecular flexibility index (Phi) is 6.41. The van der Waals surface area contributed by atoms with Crippen LogP contribution in [-0.4, -0.2) is 46.5 Å². The Bertz CT molecular complexity index is 1440. The first-order valence-corrected chi connectivity index (χ1v) is 12.0. The summed E-state index contributed by atoms with van der Waals surface area (Å²) in [5.41, 5.74) is -0.685. The van der Waals surface area contributed by atoms with Crippen LogP contribution in [0.5, 0.6) is 0 Å². The smallest absolute Gasteiger partial charge is 0.269 e. The van der Waals surface area contributed by atoms with Gasteiger partial charge in [0.25, 0.3) is 21.8 Å². The third kappa shape index (κ3) is 4.93. The number of benzene rings is 2. The van der Waals surface area contributed by atoms with E-state index < -0.39 is 27.4 Å². The van der Waals surface area contributed by atoms with Crippen molar-refractivity contribution >= 4 is 50.8 Å². The predicted molar refractivity (Wildman–Crippen MR) is 128 cm³/mol. The zero-order valence-corrected chi connectivity index (χ0v) is 20.0. The number of aromatic nitrogens is 2. The van der Waals surface area contributed by atoms with E-state index in [2.05, 4.69) is 30.0 Å². The van der Waals surface area contributed by atoms with Crippen LogP contribution in [0.4, 0.5) is 11.6 Å². The third-order valence-corrected chi connectivity index (χ3v) is 6.75. The fourth-order valence-corrected chi connectivity index (χ4v) is 4.09. The first kappa shape index (κ1) is 24.1. The molecule has 1 aliphatic heterocycles. The third-order valence-electron chi connectivity index (χ3n) is 5.15. The molecule has 0 bridgehead atoms. The highest BCUT2D eigenvalue weighted by Crippen LogP contribution is 2.28. The van der Waals surface area contributed by atoms with Crippen molar-refractivity contribution in [2.24, 2.45) is 15.3 Å². The van der Waals surface area contributed by atoms with E-state index in [0.717, 1.165) is 5.01 Å². The number of nitrogens with zero attached hydrogens (tertiary/aromatic N) is 6. The molecule has 1 aliphatic rings. The molecule has 178 valence electrons. The zero-order valence-electron chi connectivity index (χ0n) is 18.5. The van der Waals surface area contributed by atoms with Crippen molar-refractivity contribution in [3.8, 4) is 0 Å². The van der Waals surface area contributed by atoms with Crippen LogP contribution < -0.4 is 4.72 Å². The second kappa shape index (κ2) is 9.31. The maximum atomic E-state index is 13.0. The highest BCUT2D eigenvalue weighted by Gasteiger charge is 2.48. The normalized spacial score (nSPS) is 18.1. The number of nitrogens with one attached hydrogen (secondary N) is 1. The summed E-state index contributed by atoms with van der Waals surface area (Å²) in [7, 11) is -3.91. The van der Waals surface area contributed by atoms with Gasteiger partial charge in [-0.1, -0.05) is 11.6 Å². The molecule has 0 aliphatic carbocycles. The lowest BCUT2D eigenvalue weighted by atomic mass is 9.98. The molecule has 0 saturated heterocycles. The molecule has 13 heteroatoms. The molecule has 2 amide bonds. The minimum atomic E-state index is -3.91. The number of carbonyl (C=O) groups is 2. The van der Waals surface area contributed by atoms with E-state index in [1.165, 1.54) is 67.8 Å². The number of hydrazone groups is 1. The van der Waals surface area contributed by atoms with Crippen LogP contribution in [0.3, 0.4) is 0 Å². The number of amides is 2. The fourth-order valence-electron chi connectivity index (χ4n) is 3.00. The van der Waals surface area contributed by atoms with Crippen LogP contribution >= 0.6 is 11.6 Å². The van der Waals surface area contributed by atoms with Crippen LogP contribution in [-0.2, 0) is 14.8 Å². The predicted octanol–water partition coefficient (Wildman–Crippen LogP) is 3.83. The van der Waals surface area contributed by atoms with Gasteiger partial charge in [0.05, 0.1) is 16.3 Å². The largest absolute Gasteiger partial charge is 0.285 e. The molecule has 1 unspecified atom stereocenters. The van der Waals surface area contributed by atoms with Gasteiger partial charge in [-0.05, 0) is 68.4 Å². The second-order valence-corrected chi connectivity index (χ2v) is 9.68. The summed E-state index contributed by atoms with van der Waals surface area (Å²) < 4.78 is 27.3. The lowest BCUT2D eigenvalue weighted by Gasteiger charge is -2.17. The van der Waals surface area contributed by atoms with Crippen LogP contribution in [0.15, 0.2) is 87.2 Å². The van der Waals surface area contributed by atoms with E-state index >= 15 is 0 Å². The number of carbonyl (C=O) groups excluding carboxylic acids is 2. The number of hydrogen-bond donors (Lipinski definition) is 1. The van der Waals surface area contributed by atoms with E-state index in [-0.39, 0.29) is 22.1 Å². The Morgan fingerprint density at radius 1 is 1.06 bits per heavy atom. The molecular formula is C22H18ClN7O4S. The summed E-state index contributed by atoms with van der Waals surface area (Å²) in [6.45, 7) is 3.06. The highest BCUT2D eigenvalue weighted by molar-refractivity contribution is 7.92. The molecule has 3 aromatic rings. The van der Waals surface area contributed by atoms with E-state index in [0.29, 0.717) is 10.7 Å². The fraction of sp³-hybridized carbons (Fsp3) is 0.136. The van der Waals surface area contributed by atoms with Crippen molar-refractivity contribution in [3.63, 3.8) is 0 Å². The average molecular weight is 512 g/mol. The van der Waals surface area contributed by atoms with Gasteiger partial charge in [0.1, 0.15) is 0 Å². The lowest BCUT2D eigenvalue weighted by Crippen LogP contribution is -2.43. The highest BCUT2D eigenvalue weighted by atomic mass is 35.5. The Morgan fingerprint density at radius 3 is 2.31 bits per heavy atom. The summed E-state index contributed by atoms with van der Waals surface area (Å²) >= 11 is 5.85. The molecule has 1 N–H and O–H groups in total. The SMILES string of the molecule is CC1=NN(C(=O)c2ccc(Cl)cc2)C(=O)C1(C)/N=N/c1ccc(S(=O)(=O)Nc2ncccn2)cc1. The first-order chi connectivity index (χ1) is 16.6. The van der Waals surface area contributed by atoms with Crippen LogP contribution in [0.25, 0.3) is 0 Å². The number of sulfonamides is 1. The van der Waals surface area contributed by atoms with Crippen molar-refractivity contribution in [2.45, 2.75) is 24.3 Å². The summed E-state index contributed by atoms with van der Waals surface area (Å²) in [5.74, 6) is -1.34. The minimum Gasteiger partial charge on any atom is -0.269 e. The molecule has 1 atom stereocenters. The molecule has 2 aromatic carbocycles. The molecule has 4 rings (SSSR count). The van der Waals surface area contributed by atoms with Crippen molar-refractivity contribution < 1.29 is 18.0 Å². The van der Waals surface area contributed by atoms with Gasteiger partial charge >= 0.3 is 0 Å². The summed E-state index contributed by atoms with van der Waals surface area (Å²) in [6, 6.07) is 13.1. The Labute approximate surface area is 205 Å². The monoisotopic (exact) mass is 511 g/mol. The van der Waals surface area contributed by atoms with Gasteiger partial charge < -0.3 is 0 Å². The summed E-state index contributed by atoms with van der Waals surface area (Å²) in [6.07, 6.45) is 2.82. The summed E-state index contributed by atoms with van der Waals surface area (Å²) in [5, 5.41) is 13.5. The van der Waals surface area contributed by atoms with Crippen LogP contribution in [0, 0.1) is 0 Å². The maximum Gasteiger partial charge on any atom is 0.285 e. The van der Waals surface area contributed by atoms with Gasteiger partial charge in [0.15, 0.2) is 5.54 Å². The molecule has 1 aromatic heterocycles. The quantitative estimate of drug-likeness (QED) is 0.393. The van der Waals surface area contributed by atoms with Crippen LogP contribution in [0.1, 0.15) is 24.2 Å². The van der Waals surface area contributed by atoms with E-state index in [4.69, 9.17) is 11.6 Å². The van der Waals surface area contributed by atoms with Crippen LogP contribution in [0.2, 0.25) is 5.02 Å². The minimum absolute atomic E-state index is 0.0375. The van der Waals surface area contributed by atoms with Gasteiger partial charge in [0, 0.05) is 23.0 Å². The lowest BCUT2D eigenvalue weighted by molar-refractivity contribution is -0.129. The van der Waals surface area contributed by atoms with Gasteiger partial charge in [-0.3, -0.25) is 9.59 Å². The second-order valence-electron chi connectivity index (χ2n) is 7.56. The average Bonchev–Trinajstić information content (AvgIpc) is 3.07. The van der Waals surface area contributed by atoms with Crippen molar-refractivity contribution in [3.05, 3.63) is 77.6 Å². The Balaban J connectivity index is 1.50. The Hall–Kier alpha value is -4.03. The number of azo groups is 1. The Morgan fingerprint density at radius 2 is 1.69 bits per heavy atom. The standard InChI is InChI=1S/C22H18ClN7O4S/c1-14-22(2,20(32)30(27-14)19(31)15-4-6-16(23)7-5-15)29-26-17-8-10-18(11-9-17)35(33,34)28-21-24-12-3-13-25-21/h3-13H,1-2H3,(H,24,25,28)/b29-26+. The number of rotatable bonds is 6. The van der Waals surface area contributed by atoms with Crippen molar-refractivity contribution in [1.29, 1.82) is 0 Å². The molecule has 0 fully saturated rings. The van der Waals surface area contributed by atoms with Crippen molar-refractivity contribution in [1.82, 2.24) is 15.0 Å². The number of anilines is 1.